The quantitative estimate of drug-likeness (QED) is 0.733. The van der Waals surface area contributed by atoms with E-state index in [4.69, 9.17) is 4.42 Å². The van der Waals surface area contributed by atoms with Gasteiger partial charge in [0.25, 0.3) is 5.91 Å². The lowest BCUT2D eigenvalue weighted by Crippen LogP contribution is -2.40. The summed E-state index contributed by atoms with van der Waals surface area (Å²) < 4.78 is 5.27. The predicted molar refractivity (Wildman–Crippen MR) is 95.3 cm³/mol. The average molecular weight is 335 g/mol. The number of nitrogens with zero attached hydrogens (tertiary/aromatic N) is 3. The van der Waals surface area contributed by atoms with Crippen LogP contribution in [0.3, 0.4) is 0 Å². The number of pyridine rings is 1. The maximum absolute atomic E-state index is 12.6. The van der Waals surface area contributed by atoms with Crippen molar-refractivity contribution in [2.75, 3.05) is 13.1 Å². The van der Waals surface area contributed by atoms with Gasteiger partial charge in [0.05, 0.1) is 11.2 Å². The molecule has 0 spiro atoms. The van der Waals surface area contributed by atoms with E-state index >= 15 is 0 Å². The van der Waals surface area contributed by atoms with E-state index in [-0.39, 0.29) is 5.91 Å². The maximum Gasteiger partial charge on any atom is 0.291 e. The lowest BCUT2D eigenvalue weighted by Gasteiger charge is -2.32. The summed E-state index contributed by atoms with van der Waals surface area (Å²) in [5, 5.41) is 1.17. The number of carbonyl (C=O) groups is 1. The maximum atomic E-state index is 12.6. The van der Waals surface area contributed by atoms with Crippen LogP contribution in [0.15, 0.2) is 47.3 Å². The first-order valence-electron chi connectivity index (χ1n) is 8.74. The van der Waals surface area contributed by atoms with E-state index in [0.29, 0.717) is 17.4 Å². The van der Waals surface area contributed by atoms with Crippen LogP contribution in [0.1, 0.15) is 34.7 Å². The molecule has 25 heavy (non-hydrogen) atoms. The second-order valence-electron chi connectivity index (χ2n) is 6.76. The molecule has 5 heteroatoms. The lowest BCUT2D eigenvalue weighted by molar-refractivity contribution is 0.0640. The minimum Gasteiger partial charge on any atom is -0.438 e. The second-order valence-corrected chi connectivity index (χ2v) is 6.76. The van der Waals surface area contributed by atoms with Crippen molar-refractivity contribution in [2.45, 2.75) is 26.2 Å². The Morgan fingerprint density at radius 3 is 3.08 bits per heavy atom. The molecular weight excluding hydrogens is 314 g/mol. The average Bonchev–Trinajstić information content (AvgIpc) is 3.07. The van der Waals surface area contributed by atoms with Crippen LogP contribution in [0.5, 0.6) is 0 Å². The van der Waals surface area contributed by atoms with Crippen molar-refractivity contribution >= 4 is 16.8 Å². The zero-order chi connectivity index (χ0) is 17.2. The van der Waals surface area contributed by atoms with Crippen LogP contribution in [-0.2, 0) is 6.42 Å². The highest BCUT2D eigenvalue weighted by Crippen LogP contribution is 2.24. The van der Waals surface area contributed by atoms with Gasteiger partial charge in [0, 0.05) is 24.7 Å². The Hall–Kier alpha value is -2.69. The molecule has 0 bridgehead atoms. The Labute approximate surface area is 146 Å². The highest BCUT2D eigenvalue weighted by atomic mass is 16.3. The van der Waals surface area contributed by atoms with E-state index in [0.717, 1.165) is 37.9 Å². The van der Waals surface area contributed by atoms with E-state index < -0.39 is 0 Å². The Balaban J connectivity index is 1.47. The molecule has 3 aromatic rings. The molecule has 128 valence electrons. The number of fused-ring (bicyclic) bond motifs is 1. The summed E-state index contributed by atoms with van der Waals surface area (Å²) in [4.78, 5) is 22.9. The van der Waals surface area contributed by atoms with Gasteiger partial charge in [-0.2, -0.15) is 0 Å². The highest BCUT2D eigenvalue weighted by molar-refractivity contribution is 5.92. The topological polar surface area (TPSA) is 59.2 Å². The summed E-state index contributed by atoms with van der Waals surface area (Å²) in [6, 6.07) is 10.5. The highest BCUT2D eigenvalue weighted by Gasteiger charge is 2.27. The predicted octanol–water partition coefficient (Wildman–Crippen LogP) is 3.63. The number of amides is 1. The van der Waals surface area contributed by atoms with Crippen LogP contribution in [0.2, 0.25) is 0 Å². The lowest BCUT2D eigenvalue weighted by atomic mass is 9.90. The van der Waals surface area contributed by atoms with Crippen molar-refractivity contribution < 1.29 is 9.21 Å². The first-order valence-corrected chi connectivity index (χ1v) is 8.74. The number of hydrogen-bond donors (Lipinski definition) is 0. The molecule has 0 unspecified atom stereocenters. The zero-order valence-corrected chi connectivity index (χ0v) is 14.3. The number of benzene rings is 1. The standard InChI is InChI=1S/C20H21N3O2/c1-14-19(25-13-22-14)20(24)23-9-3-4-16(12-23)10-15-6-7-18-17(11-15)5-2-8-21-18/h2,5-8,11,13,16H,3-4,9-10,12H2,1H3/t16-/m0/s1. The van der Waals surface area contributed by atoms with Gasteiger partial charge in [0.15, 0.2) is 6.39 Å². The van der Waals surface area contributed by atoms with Crippen molar-refractivity contribution in [1.82, 2.24) is 14.9 Å². The van der Waals surface area contributed by atoms with Crippen LogP contribution in [0.25, 0.3) is 10.9 Å². The molecule has 0 aliphatic carbocycles. The Bertz CT molecular complexity index is 903. The third kappa shape index (κ3) is 3.27. The van der Waals surface area contributed by atoms with Crippen molar-refractivity contribution in [3.05, 3.63) is 59.9 Å². The number of likely N-dealkylation sites (tertiary alicyclic amines) is 1. The van der Waals surface area contributed by atoms with Gasteiger partial charge in [0.1, 0.15) is 0 Å². The van der Waals surface area contributed by atoms with E-state index in [1.165, 1.54) is 17.3 Å². The first kappa shape index (κ1) is 15.8. The summed E-state index contributed by atoms with van der Waals surface area (Å²) in [6.07, 6.45) is 6.30. The van der Waals surface area contributed by atoms with Gasteiger partial charge < -0.3 is 9.32 Å². The molecule has 3 heterocycles. The van der Waals surface area contributed by atoms with Crippen molar-refractivity contribution in [3.8, 4) is 0 Å². The second kappa shape index (κ2) is 6.67. The fourth-order valence-electron chi connectivity index (χ4n) is 3.65. The van der Waals surface area contributed by atoms with E-state index in [2.05, 4.69) is 34.2 Å². The van der Waals surface area contributed by atoms with Crippen LogP contribution >= 0.6 is 0 Å². The molecule has 1 aromatic carbocycles. The number of hydrogen-bond acceptors (Lipinski definition) is 4. The van der Waals surface area contributed by atoms with Gasteiger partial charge in [-0.3, -0.25) is 9.78 Å². The number of oxazole rings is 1. The number of carbonyl (C=O) groups excluding carboxylic acids is 1. The molecule has 1 aliphatic heterocycles. The fourth-order valence-corrected chi connectivity index (χ4v) is 3.65. The third-order valence-corrected chi connectivity index (χ3v) is 4.94. The smallest absolute Gasteiger partial charge is 0.291 e. The summed E-state index contributed by atoms with van der Waals surface area (Å²) in [6.45, 7) is 3.36. The Morgan fingerprint density at radius 2 is 2.24 bits per heavy atom. The van der Waals surface area contributed by atoms with Gasteiger partial charge >= 0.3 is 0 Å². The van der Waals surface area contributed by atoms with Gasteiger partial charge in [-0.15, -0.1) is 0 Å². The number of aromatic nitrogens is 2. The minimum absolute atomic E-state index is 0.0394. The molecule has 1 amide bonds. The summed E-state index contributed by atoms with van der Waals surface area (Å²) in [7, 11) is 0. The molecule has 0 radical (unpaired) electrons. The molecule has 0 saturated carbocycles. The zero-order valence-electron chi connectivity index (χ0n) is 14.3. The van der Waals surface area contributed by atoms with Crippen LogP contribution in [-0.4, -0.2) is 33.9 Å². The molecule has 0 N–H and O–H groups in total. The molecule has 5 nitrogen and oxygen atoms in total. The Morgan fingerprint density at radius 1 is 1.32 bits per heavy atom. The first-order chi connectivity index (χ1) is 12.2. The largest absolute Gasteiger partial charge is 0.438 e. The summed E-state index contributed by atoms with van der Waals surface area (Å²) in [5.74, 6) is 0.801. The molecule has 1 aliphatic rings. The van der Waals surface area contributed by atoms with Crippen LogP contribution < -0.4 is 0 Å². The van der Waals surface area contributed by atoms with Gasteiger partial charge in [-0.25, -0.2) is 4.98 Å². The third-order valence-electron chi connectivity index (χ3n) is 4.94. The van der Waals surface area contributed by atoms with Gasteiger partial charge in [-0.1, -0.05) is 12.1 Å². The van der Waals surface area contributed by atoms with Crippen LogP contribution in [0, 0.1) is 12.8 Å². The van der Waals surface area contributed by atoms with Crippen molar-refractivity contribution in [2.24, 2.45) is 5.92 Å². The number of piperidine rings is 1. The van der Waals surface area contributed by atoms with Crippen LogP contribution in [0.4, 0.5) is 0 Å². The normalized spacial score (nSPS) is 17.8. The monoisotopic (exact) mass is 335 g/mol. The fraction of sp³-hybridized carbons (Fsp3) is 0.350. The Kier molecular flexibility index (Phi) is 4.22. The molecular formula is C20H21N3O2. The van der Waals surface area contributed by atoms with E-state index in [9.17, 15) is 4.79 Å². The SMILES string of the molecule is Cc1ncoc1C(=O)N1CCC[C@@H](Cc2ccc3ncccc3c2)C1. The minimum atomic E-state index is -0.0394. The molecule has 1 atom stereocenters. The van der Waals surface area contributed by atoms with Gasteiger partial charge in [0.2, 0.25) is 5.76 Å². The van der Waals surface area contributed by atoms with Gasteiger partial charge in [-0.05, 0) is 55.9 Å². The van der Waals surface area contributed by atoms with Crippen molar-refractivity contribution in [1.29, 1.82) is 0 Å². The number of aryl methyl sites for hydroxylation is 1. The van der Waals surface area contributed by atoms with E-state index in [1.807, 2.05) is 17.2 Å². The number of rotatable bonds is 3. The molecule has 1 saturated heterocycles. The molecule has 2 aromatic heterocycles. The summed E-state index contributed by atoms with van der Waals surface area (Å²) >= 11 is 0. The molecule has 1 fully saturated rings. The van der Waals surface area contributed by atoms with E-state index in [1.54, 1.807) is 6.92 Å². The molecule has 4 rings (SSSR count). The van der Waals surface area contributed by atoms with Crippen molar-refractivity contribution in [3.63, 3.8) is 0 Å². The summed E-state index contributed by atoms with van der Waals surface area (Å²) in [5.41, 5.74) is 2.98.